The molecule has 2 rings (SSSR count). The van der Waals surface area contributed by atoms with E-state index >= 15 is 0 Å². The van der Waals surface area contributed by atoms with Crippen LogP contribution in [-0.4, -0.2) is 32.6 Å². The third kappa shape index (κ3) is 3.04. The van der Waals surface area contributed by atoms with Gasteiger partial charge in [0.1, 0.15) is 5.82 Å². The molecule has 0 atom stereocenters. The minimum absolute atomic E-state index is 0. The Morgan fingerprint density at radius 2 is 2.00 bits per heavy atom. The SMILES string of the molecule is CN1CCN(C(=O)CN)c2ccc(F)cc21.Cl.Cl. The van der Waals surface area contributed by atoms with E-state index in [4.69, 9.17) is 5.73 Å². The Kier molecular flexibility index (Phi) is 6.38. The molecule has 0 bridgehead atoms. The molecule has 1 aromatic carbocycles. The second kappa shape index (κ2) is 6.78. The molecule has 2 N–H and O–H groups in total. The van der Waals surface area contributed by atoms with Gasteiger partial charge in [-0.15, -0.1) is 24.8 Å². The van der Waals surface area contributed by atoms with Crippen molar-refractivity contribution in [2.45, 2.75) is 0 Å². The van der Waals surface area contributed by atoms with Crippen LogP contribution in [-0.2, 0) is 4.79 Å². The van der Waals surface area contributed by atoms with Crippen LogP contribution in [0.5, 0.6) is 0 Å². The predicted molar refractivity (Wildman–Crippen MR) is 75.6 cm³/mol. The van der Waals surface area contributed by atoms with Crippen molar-refractivity contribution < 1.29 is 9.18 Å². The molecule has 0 spiro atoms. The molecule has 0 fully saturated rings. The van der Waals surface area contributed by atoms with Crippen molar-refractivity contribution in [3.05, 3.63) is 24.0 Å². The third-order valence-corrected chi connectivity index (χ3v) is 2.77. The lowest BCUT2D eigenvalue weighted by Gasteiger charge is -2.35. The molecule has 1 aliphatic rings. The maximum Gasteiger partial charge on any atom is 0.240 e. The number of nitrogens with zero attached hydrogens (tertiary/aromatic N) is 2. The molecule has 102 valence electrons. The van der Waals surface area contributed by atoms with Crippen LogP contribution in [0.15, 0.2) is 18.2 Å². The Morgan fingerprint density at radius 3 is 2.61 bits per heavy atom. The molecule has 0 aliphatic carbocycles. The van der Waals surface area contributed by atoms with Gasteiger partial charge in [-0.2, -0.15) is 0 Å². The number of fused-ring (bicyclic) bond motifs is 1. The van der Waals surface area contributed by atoms with E-state index in [0.29, 0.717) is 13.1 Å². The first-order chi connectivity index (χ1) is 7.63. The molecule has 1 aliphatic heterocycles. The fraction of sp³-hybridized carbons (Fsp3) is 0.364. The monoisotopic (exact) mass is 295 g/mol. The molecule has 18 heavy (non-hydrogen) atoms. The number of nitrogens with two attached hydrogens (primary N) is 1. The Morgan fingerprint density at radius 1 is 1.33 bits per heavy atom. The average molecular weight is 296 g/mol. The third-order valence-electron chi connectivity index (χ3n) is 2.77. The number of amides is 1. The average Bonchev–Trinajstić information content (AvgIpc) is 2.29. The van der Waals surface area contributed by atoms with E-state index in [-0.39, 0.29) is 43.1 Å². The van der Waals surface area contributed by atoms with E-state index in [1.54, 1.807) is 11.0 Å². The zero-order valence-corrected chi connectivity index (χ0v) is 11.6. The summed E-state index contributed by atoms with van der Waals surface area (Å²) >= 11 is 0. The van der Waals surface area contributed by atoms with Gasteiger partial charge in [0.15, 0.2) is 0 Å². The second-order valence-corrected chi connectivity index (χ2v) is 3.80. The summed E-state index contributed by atoms with van der Waals surface area (Å²) in [4.78, 5) is 15.1. The van der Waals surface area contributed by atoms with Crippen LogP contribution in [0.4, 0.5) is 15.8 Å². The minimum Gasteiger partial charge on any atom is -0.371 e. The first-order valence-electron chi connectivity index (χ1n) is 5.14. The Labute approximate surface area is 118 Å². The molecule has 0 unspecified atom stereocenters. The highest BCUT2D eigenvalue weighted by Crippen LogP contribution is 2.32. The van der Waals surface area contributed by atoms with Gasteiger partial charge in [0.2, 0.25) is 5.91 Å². The van der Waals surface area contributed by atoms with Crippen LogP contribution in [0.1, 0.15) is 0 Å². The molecule has 0 saturated heterocycles. The van der Waals surface area contributed by atoms with Crippen molar-refractivity contribution in [2.24, 2.45) is 5.73 Å². The van der Waals surface area contributed by atoms with Crippen molar-refractivity contribution in [1.82, 2.24) is 0 Å². The molecule has 7 heteroatoms. The van der Waals surface area contributed by atoms with Gasteiger partial charge in [-0.1, -0.05) is 0 Å². The number of hydrogen-bond donors (Lipinski definition) is 1. The summed E-state index contributed by atoms with van der Waals surface area (Å²) in [6.07, 6.45) is 0. The van der Waals surface area contributed by atoms with E-state index in [1.807, 2.05) is 11.9 Å². The van der Waals surface area contributed by atoms with Gasteiger partial charge in [-0.05, 0) is 18.2 Å². The van der Waals surface area contributed by atoms with Gasteiger partial charge in [-0.25, -0.2) is 4.39 Å². The summed E-state index contributed by atoms with van der Waals surface area (Å²) in [5.74, 6) is -0.436. The number of likely N-dealkylation sites (N-methyl/N-ethyl adjacent to an activating group) is 1. The van der Waals surface area contributed by atoms with Gasteiger partial charge in [0.05, 0.1) is 17.9 Å². The largest absolute Gasteiger partial charge is 0.371 e. The number of rotatable bonds is 1. The maximum absolute atomic E-state index is 13.1. The van der Waals surface area contributed by atoms with E-state index in [1.165, 1.54) is 12.1 Å². The topological polar surface area (TPSA) is 49.6 Å². The maximum atomic E-state index is 13.1. The molecular weight excluding hydrogens is 280 g/mol. The number of carbonyl (C=O) groups excluding carboxylic acids is 1. The van der Waals surface area contributed by atoms with Crippen molar-refractivity contribution in [3.63, 3.8) is 0 Å². The van der Waals surface area contributed by atoms with Crippen molar-refractivity contribution in [2.75, 3.05) is 36.5 Å². The first-order valence-corrected chi connectivity index (χ1v) is 5.14. The van der Waals surface area contributed by atoms with Crippen molar-refractivity contribution in [3.8, 4) is 0 Å². The molecule has 1 amide bonds. The summed E-state index contributed by atoms with van der Waals surface area (Å²) < 4.78 is 13.1. The van der Waals surface area contributed by atoms with E-state index < -0.39 is 0 Å². The van der Waals surface area contributed by atoms with Gasteiger partial charge >= 0.3 is 0 Å². The molecule has 0 saturated carbocycles. The number of benzene rings is 1. The Bertz CT molecular complexity index is 431. The van der Waals surface area contributed by atoms with Crippen LogP contribution in [0, 0.1) is 5.82 Å². The lowest BCUT2D eigenvalue weighted by molar-refractivity contribution is -0.117. The zero-order valence-electron chi connectivity index (χ0n) is 9.93. The quantitative estimate of drug-likeness (QED) is 0.852. The molecule has 0 aromatic heterocycles. The first kappa shape index (κ1) is 17.0. The van der Waals surface area contributed by atoms with Gasteiger partial charge in [-0.3, -0.25) is 4.79 Å². The number of hydrogen-bond acceptors (Lipinski definition) is 3. The normalized spacial score (nSPS) is 13.3. The Balaban J connectivity index is 0.00000144. The lowest BCUT2D eigenvalue weighted by atomic mass is 10.1. The van der Waals surface area contributed by atoms with Crippen LogP contribution in [0.25, 0.3) is 0 Å². The van der Waals surface area contributed by atoms with E-state index in [9.17, 15) is 9.18 Å². The number of carbonyl (C=O) groups is 1. The van der Waals surface area contributed by atoms with Gasteiger partial charge in [0, 0.05) is 20.1 Å². The molecule has 1 aromatic rings. The smallest absolute Gasteiger partial charge is 0.240 e. The molecule has 1 heterocycles. The van der Waals surface area contributed by atoms with E-state index in [0.717, 1.165) is 11.4 Å². The lowest BCUT2D eigenvalue weighted by Crippen LogP contribution is -2.45. The number of halogens is 3. The molecular formula is C11H16Cl2FN3O. The summed E-state index contributed by atoms with van der Waals surface area (Å²) in [5.41, 5.74) is 6.80. The molecule has 0 radical (unpaired) electrons. The summed E-state index contributed by atoms with van der Waals surface area (Å²) in [5, 5.41) is 0. The summed E-state index contributed by atoms with van der Waals surface area (Å²) in [6.45, 7) is 1.24. The highest BCUT2D eigenvalue weighted by molar-refractivity contribution is 5.98. The fourth-order valence-corrected chi connectivity index (χ4v) is 1.89. The number of anilines is 2. The van der Waals surface area contributed by atoms with Crippen LogP contribution >= 0.6 is 24.8 Å². The van der Waals surface area contributed by atoms with E-state index in [2.05, 4.69) is 0 Å². The van der Waals surface area contributed by atoms with Gasteiger partial charge in [0.25, 0.3) is 0 Å². The molecule has 4 nitrogen and oxygen atoms in total. The Hall–Kier alpha value is -1.04. The minimum atomic E-state index is -0.298. The van der Waals surface area contributed by atoms with Crippen LogP contribution in [0.2, 0.25) is 0 Å². The van der Waals surface area contributed by atoms with Crippen LogP contribution < -0.4 is 15.5 Å². The predicted octanol–water partition coefficient (Wildman–Crippen LogP) is 1.41. The second-order valence-electron chi connectivity index (χ2n) is 3.80. The van der Waals surface area contributed by atoms with Crippen molar-refractivity contribution >= 4 is 42.1 Å². The highest BCUT2D eigenvalue weighted by atomic mass is 35.5. The highest BCUT2D eigenvalue weighted by Gasteiger charge is 2.24. The van der Waals surface area contributed by atoms with Crippen molar-refractivity contribution in [1.29, 1.82) is 0 Å². The summed E-state index contributed by atoms with van der Waals surface area (Å²) in [7, 11) is 1.88. The summed E-state index contributed by atoms with van der Waals surface area (Å²) in [6, 6.07) is 4.41. The fourth-order valence-electron chi connectivity index (χ4n) is 1.89. The zero-order chi connectivity index (χ0) is 11.7. The standard InChI is InChI=1S/C11H14FN3O.2ClH/c1-14-4-5-15(11(16)7-13)9-3-2-8(12)6-10(9)14;;/h2-3,6H,4-5,7,13H2,1H3;2*1H. The van der Waals surface area contributed by atoms with Gasteiger partial charge < -0.3 is 15.5 Å². The van der Waals surface area contributed by atoms with Crippen LogP contribution in [0.3, 0.4) is 0 Å².